The molecule has 0 unspecified atom stereocenters. The molecule has 0 radical (unpaired) electrons. The van der Waals surface area contributed by atoms with Crippen molar-refractivity contribution in [3.05, 3.63) is 71.7 Å². The van der Waals surface area contributed by atoms with Gasteiger partial charge in [-0.3, -0.25) is 9.78 Å². The van der Waals surface area contributed by atoms with Gasteiger partial charge in [-0.25, -0.2) is 15.0 Å². The van der Waals surface area contributed by atoms with Crippen molar-refractivity contribution in [2.75, 3.05) is 25.5 Å². The maximum absolute atomic E-state index is 13.6. The lowest BCUT2D eigenvalue weighted by Crippen LogP contribution is -2.43. The molecule has 4 rings (SSSR count). The van der Waals surface area contributed by atoms with Crippen molar-refractivity contribution in [3.63, 3.8) is 0 Å². The van der Waals surface area contributed by atoms with E-state index in [9.17, 15) is 18.0 Å². The van der Waals surface area contributed by atoms with E-state index in [1.807, 2.05) is 52.0 Å². The molecule has 40 heavy (non-hydrogen) atoms. The molecule has 3 heterocycles. The molecule has 0 saturated heterocycles. The van der Waals surface area contributed by atoms with Crippen LogP contribution in [-0.2, 0) is 27.7 Å². The van der Waals surface area contributed by atoms with Gasteiger partial charge in [-0.15, -0.1) is 0 Å². The number of rotatable bonds is 9. The van der Waals surface area contributed by atoms with Crippen LogP contribution in [0.4, 0.5) is 24.7 Å². The summed E-state index contributed by atoms with van der Waals surface area (Å²) >= 11 is 0. The molecule has 0 aliphatic carbocycles. The highest BCUT2D eigenvalue weighted by molar-refractivity contribution is 5.90. The molecule has 1 aromatic carbocycles. The third-order valence-electron chi connectivity index (χ3n) is 6.69. The number of hydrogen-bond acceptors (Lipinski definition) is 7. The highest BCUT2D eigenvalue weighted by Crippen LogP contribution is 2.36. The summed E-state index contributed by atoms with van der Waals surface area (Å²) in [5.41, 5.74) is -0.0687. The summed E-state index contributed by atoms with van der Waals surface area (Å²) in [5, 5.41) is 3.76. The monoisotopic (exact) mass is 552 g/mol. The molecule has 11 heteroatoms. The number of carbonyl (C=O) groups is 1. The number of hydrogen-bond donors (Lipinski definition) is 1. The first-order chi connectivity index (χ1) is 19.0. The summed E-state index contributed by atoms with van der Waals surface area (Å²) in [5.74, 6) is 0.772. The lowest BCUT2D eigenvalue weighted by molar-refractivity contribution is -0.137. The number of amides is 1. The quantitative estimate of drug-likeness (QED) is 0.267. The summed E-state index contributed by atoms with van der Waals surface area (Å²) in [4.78, 5) is 32.2. The molecule has 1 amide bonds. The van der Waals surface area contributed by atoms with Crippen LogP contribution < -0.4 is 5.32 Å². The smallest absolute Gasteiger partial charge is 0.377 e. The van der Waals surface area contributed by atoms with Crippen molar-refractivity contribution in [3.8, 4) is 11.4 Å². The SMILES string of the molecule is CCN(CC)C(=O)C(C)(C)c1ccc(Nc2nc(COC)nc3nc(-c4ncccc4C(F)(F)F)ccc23)cc1. The van der Waals surface area contributed by atoms with Crippen LogP contribution in [0, 0.1) is 0 Å². The van der Waals surface area contributed by atoms with E-state index in [0.717, 1.165) is 11.6 Å². The van der Waals surface area contributed by atoms with Gasteiger partial charge in [-0.05, 0) is 69.7 Å². The third-order valence-corrected chi connectivity index (χ3v) is 6.69. The number of ether oxygens (including phenoxy) is 1. The van der Waals surface area contributed by atoms with E-state index < -0.39 is 17.2 Å². The number of likely N-dealkylation sites (N-methyl/N-ethyl adjacent to an activating group) is 1. The Hall–Kier alpha value is -4.12. The number of nitrogens with zero attached hydrogens (tertiary/aromatic N) is 5. The molecule has 8 nitrogen and oxygen atoms in total. The van der Waals surface area contributed by atoms with Gasteiger partial charge in [0.1, 0.15) is 18.1 Å². The average Bonchev–Trinajstić information content (AvgIpc) is 2.93. The molecule has 0 aliphatic heterocycles. The number of nitrogens with one attached hydrogen (secondary N) is 1. The van der Waals surface area contributed by atoms with E-state index in [-0.39, 0.29) is 29.5 Å². The Kier molecular flexibility index (Phi) is 8.34. The molecule has 0 saturated carbocycles. The topological polar surface area (TPSA) is 93.1 Å². The molecular weight excluding hydrogens is 521 g/mol. The van der Waals surface area contributed by atoms with Crippen LogP contribution in [0.25, 0.3) is 22.4 Å². The van der Waals surface area contributed by atoms with Crippen LogP contribution in [0.2, 0.25) is 0 Å². The summed E-state index contributed by atoms with van der Waals surface area (Å²) in [7, 11) is 1.49. The van der Waals surface area contributed by atoms with Crippen LogP contribution in [-0.4, -0.2) is 50.9 Å². The summed E-state index contributed by atoms with van der Waals surface area (Å²) in [6, 6.07) is 12.8. The summed E-state index contributed by atoms with van der Waals surface area (Å²) in [6.07, 6.45) is -3.29. The van der Waals surface area contributed by atoms with Gasteiger partial charge in [0.25, 0.3) is 0 Å². The maximum atomic E-state index is 13.6. The van der Waals surface area contributed by atoms with Crippen molar-refractivity contribution in [2.45, 2.75) is 45.9 Å². The Balaban J connectivity index is 1.70. The summed E-state index contributed by atoms with van der Waals surface area (Å²) < 4.78 is 46.0. The number of benzene rings is 1. The second-order valence-corrected chi connectivity index (χ2v) is 9.69. The first-order valence-electron chi connectivity index (χ1n) is 12.9. The van der Waals surface area contributed by atoms with E-state index in [2.05, 4.69) is 25.3 Å². The number of anilines is 2. The number of halogens is 3. The molecule has 0 bridgehead atoms. The van der Waals surface area contributed by atoms with Gasteiger partial charge in [0.2, 0.25) is 5.91 Å². The van der Waals surface area contributed by atoms with Gasteiger partial charge in [-0.2, -0.15) is 13.2 Å². The minimum atomic E-state index is -4.59. The van der Waals surface area contributed by atoms with Gasteiger partial charge in [-0.1, -0.05) is 12.1 Å². The van der Waals surface area contributed by atoms with Gasteiger partial charge in [0.05, 0.1) is 22.1 Å². The Morgan fingerprint density at radius 3 is 2.30 bits per heavy atom. The fourth-order valence-electron chi connectivity index (χ4n) is 4.45. The highest BCUT2D eigenvalue weighted by atomic mass is 19.4. The number of aromatic nitrogens is 4. The molecule has 0 spiro atoms. The lowest BCUT2D eigenvalue weighted by Gasteiger charge is -2.31. The van der Waals surface area contributed by atoms with E-state index in [4.69, 9.17) is 4.74 Å². The van der Waals surface area contributed by atoms with Gasteiger partial charge in [0.15, 0.2) is 11.5 Å². The largest absolute Gasteiger partial charge is 0.418 e. The third kappa shape index (κ3) is 5.89. The first-order valence-corrected chi connectivity index (χ1v) is 12.9. The molecule has 210 valence electrons. The molecule has 1 N–H and O–H groups in total. The van der Waals surface area contributed by atoms with Crippen molar-refractivity contribution in [1.82, 2.24) is 24.8 Å². The van der Waals surface area contributed by atoms with Crippen molar-refractivity contribution in [2.24, 2.45) is 0 Å². The van der Waals surface area contributed by atoms with Crippen LogP contribution in [0.3, 0.4) is 0 Å². The van der Waals surface area contributed by atoms with Gasteiger partial charge in [0, 0.05) is 32.1 Å². The van der Waals surface area contributed by atoms with E-state index in [1.54, 1.807) is 11.0 Å². The van der Waals surface area contributed by atoms with Gasteiger partial charge >= 0.3 is 6.18 Å². The second-order valence-electron chi connectivity index (χ2n) is 9.69. The van der Waals surface area contributed by atoms with Crippen molar-refractivity contribution < 1.29 is 22.7 Å². The minimum absolute atomic E-state index is 0.0397. The molecule has 4 aromatic rings. The molecule has 0 fully saturated rings. The zero-order valence-corrected chi connectivity index (χ0v) is 23.0. The van der Waals surface area contributed by atoms with Crippen LogP contribution in [0.1, 0.15) is 44.6 Å². The van der Waals surface area contributed by atoms with Crippen LogP contribution >= 0.6 is 0 Å². The highest BCUT2D eigenvalue weighted by Gasteiger charge is 2.35. The predicted molar refractivity (Wildman–Crippen MR) is 147 cm³/mol. The van der Waals surface area contributed by atoms with E-state index in [0.29, 0.717) is 35.8 Å². The fraction of sp³-hybridized carbons (Fsp3) is 0.345. The molecule has 3 aromatic heterocycles. The predicted octanol–water partition coefficient (Wildman–Crippen LogP) is 6.14. The number of fused-ring (bicyclic) bond motifs is 1. The zero-order valence-electron chi connectivity index (χ0n) is 23.0. The van der Waals surface area contributed by atoms with Gasteiger partial charge < -0.3 is 15.0 Å². The molecular formula is C29H31F3N6O2. The Labute approximate surface area is 230 Å². The summed E-state index contributed by atoms with van der Waals surface area (Å²) in [6.45, 7) is 9.07. The normalized spacial score (nSPS) is 12.0. The van der Waals surface area contributed by atoms with Crippen LogP contribution in [0.15, 0.2) is 54.7 Å². The van der Waals surface area contributed by atoms with Crippen LogP contribution in [0.5, 0.6) is 0 Å². The fourth-order valence-corrected chi connectivity index (χ4v) is 4.45. The Morgan fingerprint density at radius 1 is 0.975 bits per heavy atom. The minimum Gasteiger partial charge on any atom is -0.377 e. The van der Waals surface area contributed by atoms with E-state index >= 15 is 0 Å². The molecule has 0 atom stereocenters. The number of pyridine rings is 2. The average molecular weight is 553 g/mol. The van der Waals surface area contributed by atoms with Crippen molar-refractivity contribution in [1.29, 1.82) is 0 Å². The number of carbonyl (C=O) groups excluding carboxylic acids is 1. The zero-order chi connectivity index (χ0) is 29.1. The second kappa shape index (κ2) is 11.5. The standard InChI is InChI=1S/C29H31F3N6O2/c1-6-38(7-2)27(39)28(3,4)18-10-12-19(13-11-18)34-25-20-14-15-22(35-26(20)37-23(36-25)17-40-5)24-21(29(30,31)32)9-8-16-33-24/h8-16H,6-7,17H2,1-5H3,(H,34,35,36,37). The Bertz CT molecular complexity index is 1500. The first kappa shape index (κ1) is 28.9. The van der Waals surface area contributed by atoms with E-state index in [1.165, 1.54) is 25.4 Å². The maximum Gasteiger partial charge on any atom is 0.418 e. The lowest BCUT2D eigenvalue weighted by atomic mass is 9.83. The number of alkyl halides is 3. The van der Waals surface area contributed by atoms with Crippen molar-refractivity contribution >= 4 is 28.4 Å². The number of methoxy groups -OCH3 is 1. The molecule has 0 aliphatic rings. The Morgan fingerprint density at radius 2 is 1.68 bits per heavy atom.